The Morgan fingerprint density at radius 2 is 2.38 bits per heavy atom. The van der Waals surface area contributed by atoms with Crippen molar-refractivity contribution in [3.63, 3.8) is 0 Å². The minimum atomic E-state index is -1.83. The highest BCUT2D eigenvalue weighted by Gasteiger charge is 2.60. The molecule has 1 fully saturated rings. The number of carbonyl (C=O) groups is 1. The molecule has 2 atom stereocenters. The summed E-state index contributed by atoms with van der Waals surface area (Å²) in [5.41, 5.74) is -1.84. The Morgan fingerprint density at radius 3 is 3.00 bits per heavy atom. The van der Waals surface area contributed by atoms with Gasteiger partial charge in [-0.25, -0.2) is 4.39 Å². The summed E-state index contributed by atoms with van der Waals surface area (Å²) >= 11 is 6.01. The van der Waals surface area contributed by atoms with Gasteiger partial charge in [0.2, 0.25) is 0 Å². The lowest BCUT2D eigenvalue weighted by molar-refractivity contribution is -0.580. The maximum Gasteiger partial charge on any atom is 0.318 e. The van der Waals surface area contributed by atoms with Gasteiger partial charge in [0.25, 0.3) is 5.54 Å². The smallest absolute Gasteiger partial charge is 0.318 e. The molecule has 0 radical (unpaired) electrons. The number of halogens is 2. The zero-order valence-corrected chi connectivity index (χ0v) is 12.0. The minimum absolute atomic E-state index is 0.0165. The summed E-state index contributed by atoms with van der Waals surface area (Å²) < 4.78 is 18.4. The van der Waals surface area contributed by atoms with Gasteiger partial charge in [0.1, 0.15) is 11.7 Å². The second kappa shape index (κ2) is 5.95. The normalized spacial score (nSPS) is 24.8. The van der Waals surface area contributed by atoms with Gasteiger partial charge in [-0.2, -0.15) is 0 Å². The quantitative estimate of drug-likeness (QED) is 0.520. The Bertz CT molecular complexity index is 583. The van der Waals surface area contributed by atoms with Gasteiger partial charge in [0.05, 0.1) is 23.7 Å². The predicted molar refractivity (Wildman–Crippen MR) is 73.1 cm³/mol. The molecule has 0 amide bonds. The first-order valence-electron chi connectivity index (χ1n) is 6.41. The highest BCUT2D eigenvalue weighted by Crippen LogP contribution is 2.40. The van der Waals surface area contributed by atoms with E-state index in [1.54, 1.807) is 6.92 Å². The van der Waals surface area contributed by atoms with Crippen molar-refractivity contribution in [3.05, 3.63) is 44.7 Å². The van der Waals surface area contributed by atoms with Crippen molar-refractivity contribution in [2.75, 3.05) is 19.7 Å². The summed E-state index contributed by atoms with van der Waals surface area (Å²) in [6.07, 6.45) is 0. The lowest BCUT2D eigenvalue weighted by Crippen LogP contribution is -2.47. The van der Waals surface area contributed by atoms with Crippen LogP contribution >= 0.6 is 11.6 Å². The number of hydrogen-bond donors (Lipinski definition) is 1. The highest BCUT2D eigenvalue weighted by molar-refractivity contribution is 6.31. The number of rotatable bonds is 4. The lowest BCUT2D eigenvalue weighted by atomic mass is 9.81. The number of nitrogens with zero attached hydrogens (tertiary/aromatic N) is 1. The number of hydrogen-bond acceptors (Lipinski definition) is 5. The van der Waals surface area contributed by atoms with E-state index in [1.807, 2.05) is 0 Å². The van der Waals surface area contributed by atoms with Gasteiger partial charge in [-0.3, -0.25) is 14.9 Å². The van der Waals surface area contributed by atoms with Crippen LogP contribution in [-0.4, -0.2) is 30.6 Å². The number of carbonyl (C=O) groups excluding carboxylic acids is 1. The highest BCUT2D eigenvalue weighted by atomic mass is 35.5. The van der Waals surface area contributed by atoms with Gasteiger partial charge in [0.15, 0.2) is 0 Å². The van der Waals surface area contributed by atoms with Gasteiger partial charge in [-0.1, -0.05) is 11.6 Å². The van der Waals surface area contributed by atoms with E-state index in [9.17, 15) is 19.3 Å². The maximum atomic E-state index is 13.5. The van der Waals surface area contributed by atoms with Crippen molar-refractivity contribution in [1.82, 2.24) is 5.32 Å². The van der Waals surface area contributed by atoms with Gasteiger partial charge in [-0.15, -0.1) is 0 Å². The third-order valence-corrected chi connectivity index (χ3v) is 3.94. The standard InChI is InChI=1S/C13H14ClFN2O4/c1-2-21-12(18)10-6-16-7-13(10,17(19)20)9-5-8(15)3-4-11(9)14/h3-5,10,16H,2,6-7H2,1H3/t10-,13+/m0/s1. The largest absolute Gasteiger partial charge is 0.466 e. The van der Waals surface area contributed by atoms with E-state index in [0.717, 1.165) is 12.1 Å². The van der Waals surface area contributed by atoms with Crippen molar-refractivity contribution in [2.24, 2.45) is 5.92 Å². The molecule has 21 heavy (non-hydrogen) atoms. The van der Waals surface area contributed by atoms with Crippen LogP contribution in [0.1, 0.15) is 12.5 Å². The molecular weight excluding hydrogens is 303 g/mol. The number of benzene rings is 1. The molecule has 0 saturated carbocycles. The monoisotopic (exact) mass is 316 g/mol. The second-order valence-corrected chi connectivity index (χ2v) is 5.15. The van der Waals surface area contributed by atoms with Crippen LogP contribution in [0.2, 0.25) is 5.02 Å². The van der Waals surface area contributed by atoms with Gasteiger partial charge < -0.3 is 10.1 Å². The average Bonchev–Trinajstić information content (AvgIpc) is 2.87. The third-order valence-electron chi connectivity index (χ3n) is 3.61. The van der Waals surface area contributed by atoms with E-state index in [1.165, 1.54) is 6.07 Å². The Labute approximate surface area is 125 Å². The summed E-state index contributed by atoms with van der Waals surface area (Å²) in [4.78, 5) is 23.1. The van der Waals surface area contributed by atoms with E-state index in [4.69, 9.17) is 16.3 Å². The second-order valence-electron chi connectivity index (χ2n) is 4.74. The van der Waals surface area contributed by atoms with Crippen LogP contribution in [0.4, 0.5) is 4.39 Å². The molecule has 0 spiro atoms. The van der Waals surface area contributed by atoms with E-state index in [2.05, 4.69) is 5.32 Å². The predicted octanol–water partition coefficient (Wildman–Crippen LogP) is 1.73. The first-order chi connectivity index (χ1) is 9.93. The topological polar surface area (TPSA) is 81.5 Å². The first-order valence-corrected chi connectivity index (χ1v) is 6.78. The van der Waals surface area contributed by atoms with Crippen LogP contribution in [0.15, 0.2) is 18.2 Å². The summed E-state index contributed by atoms with van der Waals surface area (Å²) in [6, 6.07) is 3.36. The maximum absolute atomic E-state index is 13.5. The number of nitrogens with one attached hydrogen (secondary N) is 1. The fraction of sp³-hybridized carbons (Fsp3) is 0.462. The van der Waals surface area contributed by atoms with Crippen molar-refractivity contribution in [1.29, 1.82) is 0 Å². The van der Waals surface area contributed by atoms with Crippen LogP contribution in [-0.2, 0) is 15.1 Å². The third kappa shape index (κ3) is 2.58. The molecule has 1 aromatic carbocycles. The lowest BCUT2D eigenvalue weighted by Gasteiger charge is -2.26. The zero-order chi connectivity index (χ0) is 15.6. The fourth-order valence-electron chi connectivity index (χ4n) is 2.62. The molecular formula is C13H14ClFN2O4. The van der Waals surface area contributed by atoms with E-state index < -0.39 is 28.2 Å². The molecule has 1 aromatic rings. The molecule has 0 bridgehead atoms. The Morgan fingerprint density at radius 1 is 1.67 bits per heavy atom. The summed E-state index contributed by atoms with van der Waals surface area (Å²) in [6.45, 7) is 1.68. The Hall–Kier alpha value is -1.73. The molecule has 0 aromatic heterocycles. The number of ether oxygens (including phenoxy) is 1. The van der Waals surface area contributed by atoms with Gasteiger partial charge >= 0.3 is 5.97 Å². The average molecular weight is 317 g/mol. The number of esters is 1. The van der Waals surface area contributed by atoms with Crippen LogP contribution < -0.4 is 5.32 Å². The summed E-state index contributed by atoms with van der Waals surface area (Å²) in [5, 5.41) is 14.5. The minimum Gasteiger partial charge on any atom is -0.466 e. The molecule has 1 saturated heterocycles. The summed E-state index contributed by atoms with van der Waals surface area (Å²) in [7, 11) is 0. The van der Waals surface area contributed by atoms with Crippen LogP contribution in [0.5, 0.6) is 0 Å². The Balaban J connectivity index is 2.57. The molecule has 2 rings (SSSR count). The Kier molecular flexibility index (Phi) is 4.43. The molecule has 1 N–H and O–H groups in total. The SMILES string of the molecule is CCOC(=O)[C@@H]1CNC[C@]1(c1cc(F)ccc1Cl)[N+](=O)[O-]. The van der Waals surface area contributed by atoms with E-state index in [0.29, 0.717) is 0 Å². The van der Waals surface area contributed by atoms with Crippen LogP contribution in [0, 0.1) is 21.8 Å². The van der Waals surface area contributed by atoms with Crippen LogP contribution in [0.25, 0.3) is 0 Å². The molecule has 1 heterocycles. The summed E-state index contributed by atoms with van der Waals surface area (Å²) in [5.74, 6) is -2.41. The molecule has 114 valence electrons. The van der Waals surface area contributed by atoms with Gasteiger partial charge in [0, 0.05) is 11.5 Å². The van der Waals surface area contributed by atoms with Crippen molar-refractivity contribution >= 4 is 17.6 Å². The van der Waals surface area contributed by atoms with E-state index in [-0.39, 0.29) is 30.3 Å². The van der Waals surface area contributed by atoms with Crippen molar-refractivity contribution < 1.29 is 18.8 Å². The zero-order valence-electron chi connectivity index (χ0n) is 11.3. The molecule has 1 aliphatic heterocycles. The molecule has 0 unspecified atom stereocenters. The van der Waals surface area contributed by atoms with Gasteiger partial charge in [-0.05, 0) is 25.1 Å². The molecule has 1 aliphatic rings. The molecule has 6 nitrogen and oxygen atoms in total. The molecule has 8 heteroatoms. The molecule has 0 aliphatic carbocycles. The van der Waals surface area contributed by atoms with Crippen LogP contribution in [0.3, 0.4) is 0 Å². The fourth-order valence-corrected chi connectivity index (χ4v) is 2.90. The van der Waals surface area contributed by atoms with Crippen molar-refractivity contribution in [3.8, 4) is 0 Å². The van der Waals surface area contributed by atoms with E-state index >= 15 is 0 Å². The number of nitro groups is 1. The first kappa shape index (κ1) is 15.7. The van der Waals surface area contributed by atoms with Crippen molar-refractivity contribution in [2.45, 2.75) is 12.5 Å².